The number of hydrogen-bond acceptors (Lipinski definition) is 6. The van der Waals surface area contributed by atoms with Gasteiger partial charge >= 0.3 is 65.1 Å². The van der Waals surface area contributed by atoms with Gasteiger partial charge in [-0.3, -0.25) is 0 Å². The third-order valence-corrected chi connectivity index (χ3v) is 0.442. The Kier molecular flexibility index (Phi) is 27.1. The van der Waals surface area contributed by atoms with E-state index in [2.05, 4.69) is 4.74 Å². The van der Waals surface area contributed by atoms with E-state index in [1.807, 2.05) is 0 Å². The maximum Gasteiger partial charge on any atom is 1.00 e. The van der Waals surface area contributed by atoms with Crippen LogP contribution in [0.2, 0.25) is 0 Å². The van der Waals surface area contributed by atoms with Crippen molar-refractivity contribution in [2.45, 2.75) is 13.8 Å². The monoisotopic (exact) mass is 222 g/mol. The van der Waals surface area contributed by atoms with Gasteiger partial charge in [0.25, 0.3) is 0 Å². The van der Waals surface area contributed by atoms with Crippen LogP contribution in [0.5, 0.6) is 0 Å². The van der Waals surface area contributed by atoms with Gasteiger partial charge in [-0.25, -0.2) is 4.79 Å². The molecule has 0 atom stereocenters. The average molecular weight is 222 g/mol. The molecule has 0 bridgehead atoms. The fourth-order valence-electron chi connectivity index (χ4n) is 0.190. The van der Waals surface area contributed by atoms with Crippen LogP contribution < -0.4 is 69.3 Å². The minimum Gasteiger partial charge on any atom is -0.550 e. The SMILES string of the molecule is CC(=O)[O-].CCOC(=O)C(=O)[O-].[Na+].[Na+]. The van der Waals surface area contributed by atoms with Gasteiger partial charge < -0.3 is 24.5 Å². The molecule has 0 saturated carbocycles. The first-order chi connectivity index (χ1) is 5.41. The van der Waals surface area contributed by atoms with Crippen LogP contribution in [0, 0.1) is 0 Å². The van der Waals surface area contributed by atoms with E-state index in [0.29, 0.717) is 0 Å². The first-order valence-electron chi connectivity index (χ1n) is 2.97. The maximum absolute atomic E-state index is 9.86. The van der Waals surface area contributed by atoms with Gasteiger partial charge in [-0.05, 0) is 13.8 Å². The third kappa shape index (κ3) is 29.4. The van der Waals surface area contributed by atoms with E-state index < -0.39 is 17.9 Å². The average Bonchev–Trinajstić information content (AvgIpc) is 1.86. The third-order valence-electron chi connectivity index (χ3n) is 0.442. The molecule has 0 heterocycles. The van der Waals surface area contributed by atoms with E-state index in [0.717, 1.165) is 6.92 Å². The van der Waals surface area contributed by atoms with Crippen molar-refractivity contribution in [2.75, 3.05) is 6.61 Å². The number of hydrogen-bond donors (Lipinski definition) is 0. The van der Waals surface area contributed by atoms with Crippen LogP contribution in [0.3, 0.4) is 0 Å². The van der Waals surface area contributed by atoms with Gasteiger partial charge in [0.05, 0.1) is 6.61 Å². The molecular formula is C6H8Na2O6. The zero-order valence-electron chi connectivity index (χ0n) is 8.66. The van der Waals surface area contributed by atoms with Crippen molar-refractivity contribution in [3.63, 3.8) is 0 Å². The van der Waals surface area contributed by atoms with E-state index in [1.165, 1.54) is 6.92 Å². The van der Waals surface area contributed by atoms with Gasteiger partial charge in [-0.2, -0.15) is 0 Å². The van der Waals surface area contributed by atoms with Gasteiger partial charge in [0, 0.05) is 5.97 Å². The van der Waals surface area contributed by atoms with E-state index >= 15 is 0 Å². The Morgan fingerprint density at radius 2 is 1.43 bits per heavy atom. The van der Waals surface area contributed by atoms with Crippen molar-refractivity contribution in [1.29, 1.82) is 0 Å². The second kappa shape index (κ2) is 15.9. The second-order valence-electron chi connectivity index (χ2n) is 1.50. The van der Waals surface area contributed by atoms with Crippen molar-refractivity contribution in [1.82, 2.24) is 0 Å². The summed E-state index contributed by atoms with van der Waals surface area (Å²) in [6.45, 7) is 2.55. The maximum atomic E-state index is 9.86. The van der Waals surface area contributed by atoms with Crippen LogP contribution in [0.15, 0.2) is 0 Å². The summed E-state index contributed by atoms with van der Waals surface area (Å²) in [7, 11) is 0. The molecule has 0 spiro atoms. The Morgan fingerprint density at radius 3 is 1.50 bits per heavy atom. The topological polar surface area (TPSA) is 107 Å². The number of ether oxygens (including phenoxy) is 1. The summed E-state index contributed by atoms with van der Waals surface area (Å²) >= 11 is 0. The van der Waals surface area contributed by atoms with Crippen molar-refractivity contribution in [3.8, 4) is 0 Å². The number of rotatable bonds is 1. The summed E-state index contributed by atoms with van der Waals surface area (Å²) in [6, 6.07) is 0. The molecule has 0 aromatic rings. The number of carbonyl (C=O) groups is 3. The van der Waals surface area contributed by atoms with Gasteiger partial charge in [0.2, 0.25) is 0 Å². The second-order valence-corrected chi connectivity index (χ2v) is 1.50. The van der Waals surface area contributed by atoms with Gasteiger partial charge in [0.15, 0.2) is 5.97 Å². The van der Waals surface area contributed by atoms with E-state index in [1.54, 1.807) is 0 Å². The molecule has 70 valence electrons. The zero-order chi connectivity index (χ0) is 10.1. The van der Waals surface area contributed by atoms with Crippen LogP contribution >= 0.6 is 0 Å². The molecule has 0 aromatic carbocycles. The van der Waals surface area contributed by atoms with Crippen molar-refractivity contribution < 1.29 is 88.4 Å². The molecular weight excluding hydrogens is 214 g/mol. The van der Waals surface area contributed by atoms with Gasteiger partial charge in [-0.1, -0.05) is 0 Å². The van der Waals surface area contributed by atoms with Crippen LogP contribution in [-0.4, -0.2) is 24.5 Å². The number of carboxylic acid groups (broad SMARTS) is 2. The summed E-state index contributed by atoms with van der Waals surface area (Å²) in [5, 5.41) is 18.4. The summed E-state index contributed by atoms with van der Waals surface area (Å²) in [5.41, 5.74) is 0. The molecule has 14 heavy (non-hydrogen) atoms. The van der Waals surface area contributed by atoms with Gasteiger partial charge in [0.1, 0.15) is 0 Å². The number of aliphatic carboxylic acids is 2. The van der Waals surface area contributed by atoms with Crippen LogP contribution in [0.25, 0.3) is 0 Å². The van der Waals surface area contributed by atoms with E-state index in [-0.39, 0.29) is 65.7 Å². The molecule has 0 rings (SSSR count). The Morgan fingerprint density at radius 1 is 1.14 bits per heavy atom. The molecule has 0 fully saturated rings. The van der Waals surface area contributed by atoms with Gasteiger partial charge in [-0.15, -0.1) is 0 Å². The standard InChI is InChI=1S/C4H6O4.C2H4O2.2Na/c1-2-8-4(7)3(5)6;1-2(3)4;;/h2H2,1H3,(H,5,6);1H3,(H,3,4);;/q;;2*+1/p-2. The first-order valence-corrected chi connectivity index (χ1v) is 2.97. The molecule has 0 saturated heterocycles. The quantitative estimate of drug-likeness (QED) is 0.248. The summed E-state index contributed by atoms with van der Waals surface area (Å²) in [6.07, 6.45) is 0. The molecule has 6 nitrogen and oxygen atoms in total. The molecule has 0 aliphatic heterocycles. The molecule has 0 aliphatic carbocycles. The number of carbonyl (C=O) groups excluding carboxylic acids is 3. The zero-order valence-corrected chi connectivity index (χ0v) is 12.7. The predicted molar refractivity (Wildman–Crippen MR) is 32.3 cm³/mol. The summed E-state index contributed by atoms with van der Waals surface area (Å²) in [5.74, 6) is -4.20. The molecule has 0 N–H and O–H groups in total. The molecule has 0 aromatic heterocycles. The summed E-state index contributed by atoms with van der Waals surface area (Å²) < 4.78 is 4.00. The Labute approximate surface area is 126 Å². The fraction of sp³-hybridized carbons (Fsp3) is 0.500. The predicted octanol–water partition coefficient (Wildman–Crippen LogP) is -8.94. The number of esters is 1. The molecule has 8 heteroatoms. The molecule has 0 radical (unpaired) electrons. The number of carboxylic acids is 2. The Balaban J connectivity index is -0.0000000733. The fourth-order valence-corrected chi connectivity index (χ4v) is 0.190. The first kappa shape index (κ1) is 23.9. The Bertz CT molecular complexity index is 177. The molecule has 0 aliphatic rings. The largest absolute Gasteiger partial charge is 1.00 e. The minimum atomic E-state index is -1.80. The van der Waals surface area contributed by atoms with Crippen LogP contribution in [0.1, 0.15) is 13.8 Å². The van der Waals surface area contributed by atoms with Crippen molar-refractivity contribution >= 4 is 17.9 Å². The summed E-state index contributed by atoms with van der Waals surface area (Å²) in [4.78, 5) is 28.3. The minimum absolute atomic E-state index is 0. The van der Waals surface area contributed by atoms with Crippen LogP contribution in [0.4, 0.5) is 0 Å². The van der Waals surface area contributed by atoms with Crippen molar-refractivity contribution in [3.05, 3.63) is 0 Å². The van der Waals surface area contributed by atoms with Crippen LogP contribution in [-0.2, 0) is 19.1 Å². The van der Waals surface area contributed by atoms with E-state index in [9.17, 15) is 14.7 Å². The van der Waals surface area contributed by atoms with E-state index in [4.69, 9.17) is 9.90 Å². The molecule has 0 unspecified atom stereocenters. The smallest absolute Gasteiger partial charge is 0.550 e. The Hall–Kier alpha value is 0.410. The van der Waals surface area contributed by atoms with Crippen molar-refractivity contribution in [2.24, 2.45) is 0 Å². The molecule has 0 amide bonds. The normalized spacial score (nSPS) is 6.43.